The number of hydrogen-bond acceptors (Lipinski definition) is 4. The van der Waals surface area contributed by atoms with Crippen LogP contribution in [-0.2, 0) is 27.2 Å². The first-order chi connectivity index (χ1) is 20.2. The van der Waals surface area contributed by atoms with E-state index in [1.54, 1.807) is 0 Å². The normalized spacial score (nSPS) is 19.6. The fraction of sp³-hybridized carbons (Fsp3) is 0.562. The van der Waals surface area contributed by atoms with Crippen LogP contribution in [-0.4, -0.2) is 58.7 Å². The number of fused-ring (bicyclic) bond motifs is 2. The van der Waals surface area contributed by atoms with Gasteiger partial charge in [-0.3, -0.25) is 19.4 Å². The minimum atomic E-state index is -0.318. The van der Waals surface area contributed by atoms with E-state index in [9.17, 15) is 14.4 Å². The highest BCUT2D eigenvalue weighted by atomic mass is 79.9. The summed E-state index contributed by atoms with van der Waals surface area (Å²) in [4.78, 5) is 45.7. The van der Waals surface area contributed by atoms with Crippen molar-refractivity contribution in [1.82, 2.24) is 14.8 Å². The van der Waals surface area contributed by atoms with Gasteiger partial charge in [0.1, 0.15) is 0 Å². The highest BCUT2D eigenvalue weighted by molar-refractivity contribution is 9.10. The zero-order valence-corrected chi connectivity index (χ0v) is 27.9. The Bertz CT molecular complexity index is 1320. The molecule has 2 aliphatic heterocycles. The summed E-state index contributed by atoms with van der Waals surface area (Å²) in [6, 6.07) is 6.31. The molecule has 1 atom stereocenters. The van der Waals surface area contributed by atoms with Crippen LogP contribution in [0.5, 0.6) is 0 Å². The number of piperidine rings is 2. The Balaban J connectivity index is 1.17. The SMILES string of the molecule is NC(=O)CCCCC(=O)N1CCC(CC(=O)N2CCC([C@H]3c4ncc(Br)cc4CCc4cc(Cl)cc(Br)c43)CC2)CC1. The van der Waals surface area contributed by atoms with Crippen LogP contribution in [0.15, 0.2) is 33.3 Å². The van der Waals surface area contributed by atoms with Crippen LogP contribution in [0.4, 0.5) is 0 Å². The first kappa shape index (κ1) is 31.5. The molecule has 0 radical (unpaired) electrons. The number of pyridine rings is 1. The third kappa shape index (κ3) is 7.56. The summed E-state index contributed by atoms with van der Waals surface area (Å²) in [6.07, 6.45) is 10.0. The van der Waals surface area contributed by atoms with Crippen molar-refractivity contribution in [2.75, 3.05) is 26.2 Å². The molecule has 2 saturated heterocycles. The predicted molar refractivity (Wildman–Crippen MR) is 171 cm³/mol. The number of carbonyl (C=O) groups is 3. The Kier molecular flexibility index (Phi) is 10.6. The Morgan fingerprint density at radius 3 is 2.24 bits per heavy atom. The quantitative estimate of drug-likeness (QED) is 0.319. The van der Waals surface area contributed by atoms with Gasteiger partial charge in [-0.25, -0.2) is 0 Å². The van der Waals surface area contributed by atoms with Gasteiger partial charge < -0.3 is 15.5 Å². The fourth-order valence-corrected chi connectivity index (χ4v) is 8.51. The Hall–Kier alpha value is -1.97. The average molecular weight is 723 g/mol. The molecule has 10 heteroatoms. The van der Waals surface area contributed by atoms with Crippen molar-refractivity contribution in [3.8, 4) is 0 Å². The molecule has 2 aromatic rings. The number of amides is 3. The van der Waals surface area contributed by atoms with E-state index in [0.717, 1.165) is 71.3 Å². The van der Waals surface area contributed by atoms with Crippen LogP contribution < -0.4 is 5.73 Å². The molecule has 0 unspecified atom stereocenters. The standard InChI is InChI=1S/C32H39Br2ClN4O3/c33-24-16-23-6-5-22-17-25(35)18-26(34)30(22)31(32(23)37-19-24)21-9-13-39(14-10-21)29(42)15-20-7-11-38(12-8-20)28(41)4-2-1-3-27(36)40/h16-21,31H,1-15H2,(H2,36,40)/t31-/m1/s1. The lowest BCUT2D eigenvalue weighted by molar-refractivity contribution is -0.135. The molecule has 1 aromatic heterocycles. The third-order valence-corrected chi connectivity index (χ3v) is 10.6. The molecular weight excluding hydrogens is 684 g/mol. The first-order valence-electron chi connectivity index (χ1n) is 15.2. The molecule has 3 heterocycles. The average Bonchev–Trinajstić information content (AvgIpc) is 3.12. The van der Waals surface area contributed by atoms with Crippen molar-refractivity contribution >= 4 is 61.2 Å². The van der Waals surface area contributed by atoms with Crippen LogP contribution in [0.1, 0.15) is 86.1 Å². The van der Waals surface area contributed by atoms with Gasteiger partial charge in [0.15, 0.2) is 0 Å². The maximum atomic E-state index is 13.3. The Morgan fingerprint density at radius 1 is 0.881 bits per heavy atom. The van der Waals surface area contributed by atoms with Gasteiger partial charge in [0, 0.05) is 71.5 Å². The number of hydrogen-bond donors (Lipinski definition) is 1. The van der Waals surface area contributed by atoms with Gasteiger partial charge in [0.25, 0.3) is 0 Å². The molecule has 226 valence electrons. The maximum Gasteiger partial charge on any atom is 0.222 e. The molecule has 2 N–H and O–H groups in total. The van der Waals surface area contributed by atoms with E-state index in [2.05, 4.69) is 48.9 Å². The Morgan fingerprint density at radius 2 is 1.52 bits per heavy atom. The summed E-state index contributed by atoms with van der Waals surface area (Å²) in [5.74, 6) is 0.921. The minimum absolute atomic E-state index is 0.142. The molecule has 3 aliphatic rings. The number of primary amides is 1. The van der Waals surface area contributed by atoms with Crippen LogP contribution in [0.2, 0.25) is 5.02 Å². The summed E-state index contributed by atoms with van der Waals surface area (Å²) < 4.78 is 2.04. The Labute approximate surface area is 270 Å². The van der Waals surface area contributed by atoms with Crippen molar-refractivity contribution in [3.05, 3.63) is 60.7 Å². The molecule has 0 saturated carbocycles. The van der Waals surface area contributed by atoms with Gasteiger partial charge in [-0.1, -0.05) is 27.5 Å². The smallest absolute Gasteiger partial charge is 0.222 e. The zero-order valence-electron chi connectivity index (χ0n) is 23.9. The second-order valence-corrected chi connectivity index (χ2v) is 14.3. The largest absolute Gasteiger partial charge is 0.370 e. The third-order valence-electron chi connectivity index (χ3n) is 9.28. The molecule has 3 amide bonds. The number of unbranched alkanes of at least 4 members (excludes halogenated alkanes) is 1. The highest BCUT2D eigenvalue weighted by Crippen LogP contribution is 2.46. The monoisotopic (exact) mass is 720 g/mol. The summed E-state index contributed by atoms with van der Waals surface area (Å²) in [5, 5.41) is 0.746. The van der Waals surface area contributed by atoms with Gasteiger partial charge in [0.05, 0.1) is 5.69 Å². The van der Waals surface area contributed by atoms with E-state index >= 15 is 0 Å². The summed E-state index contributed by atoms with van der Waals surface area (Å²) in [5.41, 5.74) is 10.2. The number of aromatic nitrogens is 1. The van der Waals surface area contributed by atoms with Crippen molar-refractivity contribution in [2.24, 2.45) is 17.6 Å². The van der Waals surface area contributed by atoms with Gasteiger partial charge in [-0.15, -0.1) is 0 Å². The van der Waals surface area contributed by atoms with Crippen molar-refractivity contribution in [3.63, 3.8) is 0 Å². The summed E-state index contributed by atoms with van der Waals surface area (Å²) >= 11 is 13.9. The van der Waals surface area contributed by atoms with Gasteiger partial charge in [0.2, 0.25) is 17.7 Å². The van der Waals surface area contributed by atoms with E-state index in [0.29, 0.717) is 57.0 Å². The number of halogens is 3. The summed E-state index contributed by atoms with van der Waals surface area (Å²) in [7, 11) is 0. The lowest BCUT2D eigenvalue weighted by Gasteiger charge is -2.38. The fourth-order valence-electron chi connectivity index (χ4n) is 7.01. The number of benzene rings is 1. The number of nitrogens with two attached hydrogens (primary N) is 1. The van der Waals surface area contributed by atoms with Crippen LogP contribution >= 0.6 is 43.5 Å². The number of likely N-dealkylation sites (tertiary alicyclic amines) is 2. The molecule has 1 aromatic carbocycles. The van der Waals surface area contributed by atoms with E-state index in [-0.39, 0.29) is 23.6 Å². The molecule has 7 nitrogen and oxygen atoms in total. The predicted octanol–water partition coefficient (Wildman–Crippen LogP) is 6.40. The number of rotatable bonds is 8. The lowest BCUT2D eigenvalue weighted by Crippen LogP contribution is -2.43. The van der Waals surface area contributed by atoms with Crippen molar-refractivity contribution < 1.29 is 14.4 Å². The zero-order chi connectivity index (χ0) is 29.8. The maximum absolute atomic E-state index is 13.3. The second-order valence-electron chi connectivity index (χ2n) is 12.1. The number of carbonyl (C=O) groups excluding carboxylic acids is 3. The second kappa shape index (κ2) is 14.2. The van der Waals surface area contributed by atoms with Crippen LogP contribution in [0.3, 0.4) is 0 Å². The summed E-state index contributed by atoms with van der Waals surface area (Å²) in [6.45, 7) is 2.93. The molecular formula is C32H39Br2ClN4O3. The molecule has 2 fully saturated rings. The highest BCUT2D eigenvalue weighted by Gasteiger charge is 2.37. The number of nitrogens with zero attached hydrogens (tertiary/aromatic N) is 3. The number of aryl methyl sites for hydroxylation is 2. The topological polar surface area (TPSA) is 96.6 Å². The van der Waals surface area contributed by atoms with Gasteiger partial charge in [-0.05, 0) is 114 Å². The van der Waals surface area contributed by atoms with Crippen molar-refractivity contribution in [1.29, 1.82) is 0 Å². The molecule has 0 spiro atoms. The van der Waals surface area contributed by atoms with E-state index in [1.165, 1.54) is 16.7 Å². The van der Waals surface area contributed by atoms with E-state index in [4.69, 9.17) is 22.3 Å². The molecule has 5 rings (SSSR count). The van der Waals surface area contributed by atoms with Crippen LogP contribution in [0, 0.1) is 11.8 Å². The first-order valence-corrected chi connectivity index (χ1v) is 17.1. The molecule has 1 aliphatic carbocycles. The lowest BCUT2D eigenvalue weighted by atomic mass is 9.76. The van der Waals surface area contributed by atoms with Gasteiger partial charge in [-0.2, -0.15) is 0 Å². The van der Waals surface area contributed by atoms with E-state index in [1.807, 2.05) is 17.2 Å². The van der Waals surface area contributed by atoms with Crippen molar-refractivity contribution in [2.45, 2.75) is 76.5 Å². The molecule has 0 bridgehead atoms. The van der Waals surface area contributed by atoms with Gasteiger partial charge >= 0.3 is 0 Å². The molecule has 42 heavy (non-hydrogen) atoms. The van der Waals surface area contributed by atoms with E-state index < -0.39 is 0 Å². The minimum Gasteiger partial charge on any atom is -0.370 e. The van der Waals surface area contributed by atoms with Crippen LogP contribution in [0.25, 0.3) is 0 Å².